The molecule has 0 bridgehead atoms. The molecule has 0 radical (unpaired) electrons. The van der Waals surface area contributed by atoms with E-state index in [1.807, 2.05) is 0 Å². The summed E-state index contributed by atoms with van der Waals surface area (Å²) in [7, 11) is 0. The predicted octanol–water partition coefficient (Wildman–Crippen LogP) is 5.66. The Hall–Kier alpha value is -0.520. The summed E-state index contributed by atoms with van der Waals surface area (Å²) in [5.74, 6) is 9.18. The van der Waals surface area contributed by atoms with Crippen molar-refractivity contribution in [1.29, 1.82) is 0 Å². The molecule has 0 heterocycles. The predicted molar refractivity (Wildman–Crippen MR) is 93.7 cm³/mol. The van der Waals surface area contributed by atoms with Gasteiger partial charge in [-0.05, 0) is 57.3 Å². The second-order valence-electron chi connectivity index (χ2n) is 7.98. The minimum Gasteiger partial charge on any atom is -0.236 e. The summed E-state index contributed by atoms with van der Waals surface area (Å²) in [6, 6.07) is 0. The zero-order valence-electron chi connectivity index (χ0n) is 14.7. The molecule has 3 saturated carbocycles. The van der Waals surface area contributed by atoms with Gasteiger partial charge in [-0.1, -0.05) is 50.4 Å². The van der Waals surface area contributed by atoms with Crippen molar-refractivity contribution in [3.63, 3.8) is 0 Å². The van der Waals surface area contributed by atoms with Crippen molar-refractivity contribution >= 4 is 0 Å². The summed E-state index contributed by atoms with van der Waals surface area (Å²) >= 11 is 0. The van der Waals surface area contributed by atoms with Crippen LogP contribution in [0.4, 0.5) is 0 Å². The van der Waals surface area contributed by atoms with Crippen molar-refractivity contribution in [3.8, 4) is 11.8 Å². The molecule has 0 aromatic heterocycles. The molecule has 0 aromatic carbocycles. The zero-order chi connectivity index (χ0) is 15.7. The lowest BCUT2D eigenvalue weighted by Gasteiger charge is -2.26. The van der Waals surface area contributed by atoms with Gasteiger partial charge >= 0.3 is 0 Å². The van der Waals surface area contributed by atoms with Crippen molar-refractivity contribution in [2.45, 2.75) is 96.0 Å². The van der Waals surface area contributed by atoms with Crippen LogP contribution in [0.3, 0.4) is 0 Å². The molecule has 23 heavy (non-hydrogen) atoms. The molecule has 3 aliphatic carbocycles. The molecule has 0 spiro atoms. The molecule has 3 rings (SSSR count). The van der Waals surface area contributed by atoms with E-state index in [0.29, 0.717) is 17.9 Å². The summed E-state index contributed by atoms with van der Waals surface area (Å²) in [6.45, 7) is 0.807. The van der Waals surface area contributed by atoms with E-state index < -0.39 is 0 Å². The van der Waals surface area contributed by atoms with Crippen molar-refractivity contribution in [3.05, 3.63) is 0 Å². The SMILES string of the molecule is C(#CC1CCC(OOCC2CCCCC2)CC1)C1CCCCC1. The van der Waals surface area contributed by atoms with Crippen molar-refractivity contribution in [2.75, 3.05) is 6.61 Å². The van der Waals surface area contributed by atoms with Crippen LogP contribution in [0.5, 0.6) is 0 Å². The molecular weight excluding hydrogens is 284 g/mol. The van der Waals surface area contributed by atoms with E-state index >= 15 is 0 Å². The van der Waals surface area contributed by atoms with Crippen LogP contribution < -0.4 is 0 Å². The van der Waals surface area contributed by atoms with Gasteiger partial charge in [-0.3, -0.25) is 0 Å². The molecule has 2 nitrogen and oxygen atoms in total. The molecule has 0 N–H and O–H groups in total. The average Bonchev–Trinajstić information content (AvgIpc) is 2.63. The Morgan fingerprint density at radius 2 is 1.17 bits per heavy atom. The number of rotatable bonds is 4. The van der Waals surface area contributed by atoms with Crippen LogP contribution in [-0.2, 0) is 9.78 Å². The number of hydrogen-bond donors (Lipinski definition) is 0. The highest BCUT2D eigenvalue weighted by Gasteiger charge is 2.22. The summed E-state index contributed by atoms with van der Waals surface area (Å²) in [6.07, 6.45) is 18.6. The van der Waals surface area contributed by atoms with Gasteiger partial charge in [0.25, 0.3) is 0 Å². The maximum absolute atomic E-state index is 5.68. The molecule has 0 unspecified atom stereocenters. The van der Waals surface area contributed by atoms with Gasteiger partial charge in [0.1, 0.15) is 0 Å². The highest BCUT2D eigenvalue weighted by atomic mass is 17.2. The maximum Gasteiger partial charge on any atom is 0.0930 e. The Kier molecular flexibility index (Phi) is 7.30. The summed E-state index contributed by atoms with van der Waals surface area (Å²) in [5, 5.41) is 0. The third-order valence-electron chi connectivity index (χ3n) is 6.00. The number of hydrogen-bond acceptors (Lipinski definition) is 2. The first-order valence-electron chi connectivity index (χ1n) is 10.2. The zero-order valence-corrected chi connectivity index (χ0v) is 14.7. The molecule has 0 atom stereocenters. The fourth-order valence-electron chi connectivity index (χ4n) is 4.37. The van der Waals surface area contributed by atoms with E-state index in [0.717, 1.165) is 25.4 Å². The molecule has 3 aliphatic rings. The van der Waals surface area contributed by atoms with Crippen LogP contribution in [-0.4, -0.2) is 12.7 Å². The first-order valence-corrected chi connectivity index (χ1v) is 10.2. The van der Waals surface area contributed by atoms with Crippen LogP contribution >= 0.6 is 0 Å². The van der Waals surface area contributed by atoms with E-state index in [-0.39, 0.29) is 0 Å². The highest BCUT2D eigenvalue weighted by molar-refractivity contribution is 5.08. The molecule has 3 fully saturated rings. The Labute approximate surface area is 142 Å². The topological polar surface area (TPSA) is 18.5 Å². The van der Waals surface area contributed by atoms with Gasteiger partial charge in [0, 0.05) is 11.8 Å². The van der Waals surface area contributed by atoms with Gasteiger partial charge in [-0.25, -0.2) is 9.78 Å². The molecule has 0 amide bonds. The molecule has 0 aliphatic heterocycles. The second-order valence-corrected chi connectivity index (χ2v) is 7.98. The third-order valence-corrected chi connectivity index (χ3v) is 6.00. The molecule has 130 valence electrons. The van der Waals surface area contributed by atoms with E-state index in [1.54, 1.807) is 0 Å². The Morgan fingerprint density at radius 1 is 0.609 bits per heavy atom. The molecule has 0 aromatic rings. The fourth-order valence-corrected chi connectivity index (χ4v) is 4.37. The van der Waals surface area contributed by atoms with Crippen LogP contribution in [0.1, 0.15) is 89.9 Å². The first kappa shape index (κ1) is 17.3. The normalized spacial score (nSPS) is 30.6. The van der Waals surface area contributed by atoms with Crippen LogP contribution in [0.2, 0.25) is 0 Å². The van der Waals surface area contributed by atoms with Crippen LogP contribution in [0, 0.1) is 29.6 Å². The van der Waals surface area contributed by atoms with Crippen molar-refractivity contribution in [2.24, 2.45) is 17.8 Å². The fraction of sp³-hybridized carbons (Fsp3) is 0.905. The quantitative estimate of drug-likeness (QED) is 0.378. The Bertz CT molecular complexity index is 374. The van der Waals surface area contributed by atoms with E-state index in [1.165, 1.54) is 77.0 Å². The summed E-state index contributed by atoms with van der Waals surface area (Å²) in [4.78, 5) is 11.2. The van der Waals surface area contributed by atoms with Crippen LogP contribution in [0.25, 0.3) is 0 Å². The first-order chi connectivity index (χ1) is 11.4. The standard InChI is InChI=1S/C21H34O2/c1-3-7-18(8-4-1)11-12-19-13-15-21(16-14-19)23-22-17-20-9-5-2-6-10-20/h18-21H,1-10,13-17H2. The smallest absolute Gasteiger partial charge is 0.0930 e. The largest absolute Gasteiger partial charge is 0.236 e. The summed E-state index contributed by atoms with van der Waals surface area (Å²) < 4.78 is 0. The molecule has 2 heteroatoms. The minimum atomic E-state index is 0.311. The Morgan fingerprint density at radius 3 is 1.83 bits per heavy atom. The molecular formula is C21H34O2. The van der Waals surface area contributed by atoms with Gasteiger partial charge in [0.2, 0.25) is 0 Å². The summed E-state index contributed by atoms with van der Waals surface area (Å²) in [5.41, 5.74) is 0. The monoisotopic (exact) mass is 318 g/mol. The van der Waals surface area contributed by atoms with Crippen molar-refractivity contribution < 1.29 is 9.78 Å². The third kappa shape index (κ3) is 6.12. The minimum absolute atomic E-state index is 0.311. The maximum atomic E-state index is 5.68. The van der Waals surface area contributed by atoms with Gasteiger partial charge in [0.15, 0.2) is 0 Å². The van der Waals surface area contributed by atoms with Gasteiger partial charge in [-0.2, -0.15) is 0 Å². The lowest BCUT2D eigenvalue weighted by molar-refractivity contribution is -0.335. The second kappa shape index (κ2) is 9.70. The van der Waals surface area contributed by atoms with E-state index in [2.05, 4.69) is 11.8 Å². The lowest BCUT2D eigenvalue weighted by atomic mass is 9.86. The van der Waals surface area contributed by atoms with Crippen LogP contribution in [0.15, 0.2) is 0 Å². The molecule has 0 saturated heterocycles. The van der Waals surface area contributed by atoms with E-state index in [9.17, 15) is 0 Å². The van der Waals surface area contributed by atoms with Gasteiger partial charge in [0.05, 0.1) is 12.7 Å². The van der Waals surface area contributed by atoms with Gasteiger partial charge in [-0.15, -0.1) is 0 Å². The van der Waals surface area contributed by atoms with E-state index in [4.69, 9.17) is 9.78 Å². The Balaban J connectivity index is 1.28. The van der Waals surface area contributed by atoms with Crippen molar-refractivity contribution in [1.82, 2.24) is 0 Å². The highest BCUT2D eigenvalue weighted by Crippen LogP contribution is 2.28. The lowest BCUT2D eigenvalue weighted by Crippen LogP contribution is -2.23. The average molecular weight is 319 g/mol. The van der Waals surface area contributed by atoms with Gasteiger partial charge < -0.3 is 0 Å².